The number of amides is 1. The van der Waals surface area contributed by atoms with Crippen LogP contribution in [0.3, 0.4) is 0 Å². The molecular formula is C12H17N5O. The van der Waals surface area contributed by atoms with E-state index in [1.165, 1.54) is 0 Å². The van der Waals surface area contributed by atoms with E-state index in [4.69, 9.17) is 0 Å². The summed E-state index contributed by atoms with van der Waals surface area (Å²) in [6.45, 7) is 2.36. The first-order valence-corrected chi connectivity index (χ1v) is 5.72. The molecule has 1 amide bonds. The Bertz CT molecular complexity index is 569. The molecule has 96 valence electrons. The number of aromatic nitrogens is 4. The third kappa shape index (κ3) is 2.42. The second-order valence-electron chi connectivity index (χ2n) is 4.44. The summed E-state index contributed by atoms with van der Waals surface area (Å²) in [6.07, 6.45) is 1.86. The molecule has 0 aliphatic heterocycles. The second-order valence-corrected chi connectivity index (χ2v) is 4.44. The van der Waals surface area contributed by atoms with Crippen LogP contribution < -0.4 is 0 Å². The Kier molecular flexibility index (Phi) is 3.18. The smallest absolute Gasteiger partial charge is 0.272 e. The fraction of sp³-hybridized carbons (Fsp3) is 0.417. The van der Waals surface area contributed by atoms with E-state index in [-0.39, 0.29) is 5.91 Å². The van der Waals surface area contributed by atoms with Gasteiger partial charge in [0, 0.05) is 27.3 Å². The van der Waals surface area contributed by atoms with Crippen LogP contribution in [0.2, 0.25) is 0 Å². The monoisotopic (exact) mass is 247 g/mol. The minimum absolute atomic E-state index is 0.0521. The van der Waals surface area contributed by atoms with Crippen LogP contribution >= 0.6 is 0 Å². The Balaban J connectivity index is 2.11. The van der Waals surface area contributed by atoms with Crippen LogP contribution in [0.4, 0.5) is 0 Å². The molecule has 0 saturated heterocycles. The quantitative estimate of drug-likeness (QED) is 0.803. The minimum atomic E-state index is -0.0521. The molecule has 2 heterocycles. The van der Waals surface area contributed by atoms with Gasteiger partial charge in [-0.25, -0.2) is 0 Å². The van der Waals surface area contributed by atoms with Gasteiger partial charge in [0.1, 0.15) is 5.69 Å². The summed E-state index contributed by atoms with van der Waals surface area (Å²) in [5, 5.41) is 8.43. The van der Waals surface area contributed by atoms with Crippen molar-refractivity contribution < 1.29 is 4.79 Å². The average molecular weight is 247 g/mol. The summed E-state index contributed by atoms with van der Waals surface area (Å²) in [5.41, 5.74) is 2.30. The summed E-state index contributed by atoms with van der Waals surface area (Å²) in [5.74, 6) is -0.0521. The first kappa shape index (κ1) is 12.3. The van der Waals surface area contributed by atoms with E-state index >= 15 is 0 Å². The average Bonchev–Trinajstić information content (AvgIpc) is 2.84. The van der Waals surface area contributed by atoms with Crippen LogP contribution in [0, 0.1) is 6.92 Å². The lowest BCUT2D eigenvalue weighted by molar-refractivity contribution is 0.0772. The van der Waals surface area contributed by atoms with E-state index in [9.17, 15) is 4.79 Å². The number of rotatable bonds is 3. The van der Waals surface area contributed by atoms with Crippen molar-refractivity contribution in [3.63, 3.8) is 0 Å². The minimum Gasteiger partial charge on any atom is -0.334 e. The molecule has 0 radical (unpaired) electrons. The standard InChI is InChI=1S/C12H17N5O/c1-9-7-11(17(4)13-9)12(18)15(2)8-10-5-6-16(3)14-10/h5-7H,8H2,1-4H3. The summed E-state index contributed by atoms with van der Waals surface area (Å²) in [7, 11) is 5.39. The van der Waals surface area contributed by atoms with Crippen molar-refractivity contribution in [1.82, 2.24) is 24.5 Å². The van der Waals surface area contributed by atoms with E-state index in [1.807, 2.05) is 26.2 Å². The molecule has 18 heavy (non-hydrogen) atoms. The summed E-state index contributed by atoms with van der Waals surface area (Å²) >= 11 is 0. The number of aryl methyl sites for hydroxylation is 3. The molecule has 2 aromatic rings. The maximum absolute atomic E-state index is 12.2. The Hall–Kier alpha value is -2.11. The second kappa shape index (κ2) is 4.64. The highest BCUT2D eigenvalue weighted by atomic mass is 16.2. The highest BCUT2D eigenvalue weighted by molar-refractivity contribution is 5.92. The third-order valence-electron chi connectivity index (χ3n) is 2.74. The molecule has 0 fully saturated rings. The van der Waals surface area contributed by atoms with Crippen LogP contribution in [0.1, 0.15) is 21.9 Å². The highest BCUT2D eigenvalue weighted by Crippen LogP contribution is 2.08. The van der Waals surface area contributed by atoms with Crippen LogP contribution in [0.5, 0.6) is 0 Å². The first-order valence-electron chi connectivity index (χ1n) is 5.72. The van der Waals surface area contributed by atoms with Crippen molar-refractivity contribution in [3.05, 3.63) is 35.4 Å². The van der Waals surface area contributed by atoms with Crippen molar-refractivity contribution in [1.29, 1.82) is 0 Å². The number of nitrogens with zero attached hydrogens (tertiary/aromatic N) is 5. The van der Waals surface area contributed by atoms with Crippen LogP contribution in [-0.2, 0) is 20.6 Å². The fourth-order valence-corrected chi connectivity index (χ4v) is 1.87. The van der Waals surface area contributed by atoms with Gasteiger partial charge in [-0.1, -0.05) is 0 Å². The molecule has 0 spiro atoms. The molecule has 6 nitrogen and oxygen atoms in total. The molecule has 0 aromatic carbocycles. The molecule has 0 atom stereocenters. The molecule has 0 saturated carbocycles. The van der Waals surface area contributed by atoms with E-state index in [0.29, 0.717) is 12.2 Å². The van der Waals surface area contributed by atoms with Crippen LogP contribution in [0.15, 0.2) is 18.3 Å². The Morgan fingerprint density at radius 2 is 2.11 bits per heavy atom. The fourth-order valence-electron chi connectivity index (χ4n) is 1.87. The molecule has 0 bridgehead atoms. The summed E-state index contributed by atoms with van der Waals surface area (Å²) < 4.78 is 3.33. The summed E-state index contributed by atoms with van der Waals surface area (Å²) in [4.78, 5) is 13.9. The number of carbonyl (C=O) groups is 1. The van der Waals surface area contributed by atoms with Gasteiger partial charge in [-0.05, 0) is 19.1 Å². The molecule has 0 unspecified atom stereocenters. The molecule has 2 rings (SSSR count). The van der Waals surface area contributed by atoms with Gasteiger partial charge in [-0.15, -0.1) is 0 Å². The molecule has 0 aliphatic rings. The lowest BCUT2D eigenvalue weighted by Gasteiger charge is -2.15. The van der Waals surface area contributed by atoms with E-state index in [2.05, 4.69) is 10.2 Å². The van der Waals surface area contributed by atoms with Crippen LogP contribution in [-0.4, -0.2) is 37.4 Å². The zero-order chi connectivity index (χ0) is 13.3. The number of hydrogen-bond donors (Lipinski definition) is 0. The number of hydrogen-bond acceptors (Lipinski definition) is 3. The van der Waals surface area contributed by atoms with Gasteiger partial charge in [0.05, 0.1) is 17.9 Å². The van der Waals surface area contributed by atoms with Crippen LogP contribution in [0.25, 0.3) is 0 Å². The largest absolute Gasteiger partial charge is 0.334 e. The zero-order valence-electron chi connectivity index (χ0n) is 11.1. The van der Waals surface area contributed by atoms with Gasteiger partial charge < -0.3 is 4.90 Å². The molecule has 2 aromatic heterocycles. The van der Waals surface area contributed by atoms with Crippen molar-refractivity contribution in [2.75, 3.05) is 7.05 Å². The van der Waals surface area contributed by atoms with Gasteiger partial charge in [0.2, 0.25) is 0 Å². The Morgan fingerprint density at radius 3 is 2.61 bits per heavy atom. The predicted octanol–water partition coefficient (Wildman–Crippen LogP) is 0.734. The normalized spacial score (nSPS) is 10.7. The van der Waals surface area contributed by atoms with E-state index in [1.54, 1.807) is 34.4 Å². The van der Waals surface area contributed by atoms with Gasteiger partial charge in [-0.3, -0.25) is 14.2 Å². The Labute approximate surface area is 106 Å². The molecule has 0 N–H and O–H groups in total. The topological polar surface area (TPSA) is 56.0 Å². The lowest BCUT2D eigenvalue weighted by atomic mass is 10.3. The van der Waals surface area contributed by atoms with Gasteiger partial charge >= 0.3 is 0 Å². The van der Waals surface area contributed by atoms with E-state index in [0.717, 1.165) is 11.4 Å². The number of carbonyl (C=O) groups excluding carboxylic acids is 1. The van der Waals surface area contributed by atoms with Gasteiger partial charge in [0.15, 0.2) is 0 Å². The van der Waals surface area contributed by atoms with Crippen molar-refractivity contribution >= 4 is 5.91 Å². The molecular weight excluding hydrogens is 230 g/mol. The maximum atomic E-state index is 12.2. The maximum Gasteiger partial charge on any atom is 0.272 e. The molecule has 0 aliphatic carbocycles. The SMILES string of the molecule is Cc1cc(C(=O)N(C)Cc2ccn(C)n2)n(C)n1. The third-order valence-corrected chi connectivity index (χ3v) is 2.74. The predicted molar refractivity (Wildman–Crippen MR) is 67.0 cm³/mol. The van der Waals surface area contributed by atoms with Crippen molar-refractivity contribution in [2.45, 2.75) is 13.5 Å². The van der Waals surface area contributed by atoms with E-state index < -0.39 is 0 Å². The van der Waals surface area contributed by atoms with Crippen molar-refractivity contribution in [3.8, 4) is 0 Å². The highest BCUT2D eigenvalue weighted by Gasteiger charge is 2.17. The first-order chi connectivity index (χ1) is 8.47. The zero-order valence-corrected chi connectivity index (χ0v) is 11.1. The molecule has 6 heteroatoms. The lowest BCUT2D eigenvalue weighted by Crippen LogP contribution is -2.28. The summed E-state index contributed by atoms with van der Waals surface area (Å²) in [6, 6.07) is 3.69. The van der Waals surface area contributed by atoms with Gasteiger partial charge in [-0.2, -0.15) is 10.2 Å². The van der Waals surface area contributed by atoms with Gasteiger partial charge in [0.25, 0.3) is 5.91 Å². The Morgan fingerprint density at radius 1 is 1.39 bits per heavy atom. The van der Waals surface area contributed by atoms with Crippen molar-refractivity contribution in [2.24, 2.45) is 14.1 Å².